The molecule has 0 aliphatic carbocycles. The lowest BCUT2D eigenvalue weighted by Gasteiger charge is -2.33. The van der Waals surface area contributed by atoms with Gasteiger partial charge in [0.25, 0.3) is 0 Å². The predicted molar refractivity (Wildman–Crippen MR) is 82.4 cm³/mol. The maximum atomic E-state index is 11.1. The minimum absolute atomic E-state index is 0.0242. The van der Waals surface area contributed by atoms with Crippen molar-refractivity contribution in [2.24, 2.45) is 10.9 Å². The second-order valence-electron chi connectivity index (χ2n) is 5.24. The maximum absolute atomic E-state index is 11.1. The number of benzene rings is 1. The highest BCUT2D eigenvalue weighted by Crippen LogP contribution is 2.32. The standard InChI is InChI=1S/C17H22N2O/c1-6-13(4)19-14(5)17(20,12(2)3)16-9-7-15(11-18)8-10-16/h6-10,12,20H,1-5H3/b13-6-,19-14+. The van der Waals surface area contributed by atoms with Crippen LogP contribution in [0.1, 0.15) is 45.7 Å². The Morgan fingerprint density at radius 1 is 1.30 bits per heavy atom. The Morgan fingerprint density at radius 3 is 2.25 bits per heavy atom. The van der Waals surface area contributed by atoms with Crippen LogP contribution in [-0.4, -0.2) is 10.8 Å². The molecule has 1 N–H and O–H groups in total. The zero-order valence-corrected chi connectivity index (χ0v) is 12.8. The predicted octanol–water partition coefficient (Wildman–Crippen LogP) is 3.79. The van der Waals surface area contributed by atoms with Crippen molar-refractivity contribution in [3.8, 4) is 6.07 Å². The van der Waals surface area contributed by atoms with Crippen LogP contribution in [0.4, 0.5) is 0 Å². The first-order valence-electron chi connectivity index (χ1n) is 6.78. The van der Waals surface area contributed by atoms with Gasteiger partial charge in [0.05, 0.1) is 17.3 Å². The number of nitriles is 1. The van der Waals surface area contributed by atoms with E-state index in [1.54, 1.807) is 24.3 Å². The molecule has 1 aromatic carbocycles. The van der Waals surface area contributed by atoms with Gasteiger partial charge in [0, 0.05) is 5.70 Å². The van der Waals surface area contributed by atoms with E-state index in [2.05, 4.69) is 11.1 Å². The van der Waals surface area contributed by atoms with E-state index in [-0.39, 0.29) is 5.92 Å². The summed E-state index contributed by atoms with van der Waals surface area (Å²) in [6.45, 7) is 9.58. The van der Waals surface area contributed by atoms with Gasteiger partial charge in [-0.15, -0.1) is 0 Å². The molecule has 0 saturated heterocycles. The third-order valence-corrected chi connectivity index (χ3v) is 3.60. The van der Waals surface area contributed by atoms with E-state index in [1.165, 1.54) is 0 Å². The minimum atomic E-state index is -1.13. The van der Waals surface area contributed by atoms with Crippen molar-refractivity contribution < 1.29 is 5.11 Å². The highest BCUT2D eigenvalue weighted by Gasteiger charge is 2.36. The Bertz CT molecular complexity index is 562. The molecule has 0 amide bonds. The quantitative estimate of drug-likeness (QED) is 0.846. The van der Waals surface area contributed by atoms with E-state index in [9.17, 15) is 5.11 Å². The van der Waals surface area contributed by atoms with Crippen LogP contribution in [0.2, 0.25) is 0 Å². The molecule has 0 heterocycles. The molecule has 20 heavy (non-hydrogen) atoms. The fourth-order valence-electron chi connectivity index (χ4n) is 2.17. The summed E-state index contributed by atoms with van der Waals surface area (Å²) < 4.78 is 0. The highest BCUT2D eigenvalue weighted by atomic mass is 16.3. The number of aliphatic imine (C=N–C) groups is 1. The molecule has 0 aliphatic heterocycles. The monoisotopic (exact) mass is 270 g/mol. The van der Waals surface area contributed by atoms with E-state index in [1.807, 2.05) is 40.7 Å². The summed E-state index contributed by atoms with van der Waals surface area (Å²) in [5, 5.41) is 20.0. The van der Waals surface area contributed by atoms with Gasteiger partial charge in [-0.25, -0.2) is 0 Å². The van der Waals surface area contributed by atoms with Gasteiger partial charge in [0.1, 0.15) is 5.60 Å². The summed E-state index contributed by atoms with van der Waals surface area (Å²) in [5.41, 5.74) is 1.75. The number of hydrogen-bond acceptors (Lipinski definition) is 3. The fraction of sp³-hybridized carbons (Fsp3) is 0.412. The number of nitrogens with zero attached hydrogens (tertiary/aromatic N) is 2. The Labute approximate surface area is 121 Å². The van der Waals surface area contributed by atoms with Gasteiger partial charge in [-0.1, -0.05) is 32.1 Å². The lowest BCUT2D eigenvalue weighted by atomic mass is 9.79. The van der Waals surface area contributed by atoms with Crippen LogP contribution in [0.15, 0.2) is 41.0 Å². The Morgan fingerprint density at radius 2 is 1.85 bits per heavy atom. The number of hydrogen-bond donors (Lipinski definition) is 1. The average Bonchev–Trinajstić information content (AvgIpc) is 2.45. The number of allylic oxidation sites excluding steroid dienone is 2. The van der Waals surface area contributed by atoms with Crippen LogP contribution in [0.3, 0.4) is 0 Å². The first-order chi connectivity index (χ1) is 9.36. The van der Waals surface area contributed by atoms with Crippen molar-refractivity contribution in [2.75, 3.05) is 0 Å². The van der Waals surface area contributed by atoms with Gasteiger partial charge in [-0.2, -0.15) is 5.26 Å². The van der Waals surface area contributed by atoms with Gasteiger partial charge in [0.2, 0.25) is 0 Å². The van der Waals surface area contributed by atoms with Crippen LogP contribution in [0.5, 0.6) is 0 Å². The molecular weight excluding hydrogens is 248 g/mol. The van der Waals surface area contributed by atoms with Crippen LogP contribution in [-0.2, 0) is 5.60 Å². The van der Waals surface area contributed by atoms with Crippen LogP contribution < -0.4 is 0 Å². The lowest BCUT2D eigenvalue weighted by molar-refractivity contribution is 0.0604. The normalized spacial score (nSPS) is 15.9. The summed E-state index contributed by atoms with van der Waals surface area (Å²) in [6.07, 6.45) is 1.91. The fourth-order valence-corrected chi connectivity index (χ4v) is 2.17. The van der Waals surface area contributed by atoms with E-state index in [0.717, 1.165) is 11.3 Å². The second-order valence-corrected chi connectivity index (χ2v) is 5.24. The molecule has 0 spiro atoms. The van der Waals surface area contributed by atoms with Crippen molar-refractivity contribution in [1.82, 2.24) is 0 Å². The van der Waals surface area contributed by atoms with E-state index in [0.29, 0.717) is 11.3 Å². The first-order valence-corrected chi connectivity index (χ1v) is 6.78. The Balaban J connectivity index is 3.34. The van der Waals surface area contributed by atoms with E-state index >= 15 is 0 Å². The summed E-state index contributed by atoms with van der Waals surface area (Å²) in [5.74, 6) is -0.0242. The zero-order chi connectivity index (χ0) is 15.3. The van der Waals surface area contributed by atoms with Gasteiger partial charge in [-0.05, 0) is 44.4 Å². The third kappa shape index (κ3) is 3.15. The largest absolute Gasteiger partial charge is 0.379 e. The second kappa shape index (κ2) is 6.49. The Hall–Kier alpha value is -1.92. The molecule has 0 radical (unpaired) electrons. The molecule has 3 nitrogen and oxygen atoms in total. The molecular formula is C17H22N2O. The van der Waals surface area contributed by atoms with Crippen LogP contribution >= 0.6 is 0 Å². The number of rotatable bonds is 4. The van der Waals surface area contributed by atoms with Crippen molar-refractivity contribution in [2.45, 2.75) is 40.2 Å². The molecule has 1 rings (SSSR count). The van der Waals surface area contributed by atoms with Crippen LogP contribution in [0.25, 0.3) is 0 Å². The van der Waals surface area contributed by atoms with Gasteiger partial charge in [-0.3, -0.25) is 4.99 Å². The molecule has 1 unspecified atom stereocenters. The minimum Gasteiger partial charge on any atom is -0.379 e. The molecule has 1 atom stereocenters. The maximum Gasteiger partial charge on any atom is 0.130 e. The van der Waals surface area contributed by atoms with Gasteiger partial charge >= 0.3 is 0 Å². The molecule has 106 valence electrons. The highest BCUT2D eigenvalue weighted by molar-refractivity contribution is 5.92. The van der Waals surface area contributed by atoms with Gasteiger partial charge in [0.15, 0.2) is 0 Å². The van der Waals surface area contributed by atoms with E-state index in [4.69, 9.17) is 5.26 Å². The summed E-state index contributed by atoms with van der Waals surface area (Å²) in [6, 6.07) is 9.11. The molecule has 0 bridgehead atoms. The molecule has 1 aromatic rings. The molecule has 3 heteroatoms. The molecule has 0 saturated carbocycles. The number of aliphatic hydroxyl groups is 1. The summed E-state index contributed by atoms with van der Waals surface area (Å²) in [7, 11) is 0. The van der Waals surface area contributed by atoms with E-state index < -0.39 is 5.60 Å². The van der Waals surface area contributed by atoms with Crippen molar-refractivity contribution in [3.05, 3.63) is 47.2 Å². The third-order valence-electron chi connectivity index (χ3n) is 3.60. The lowest BCUT2D eigenvalue weighted by Crippen LogP contribution is -2.39. The van der Waals surface area contributed by atoms with Crippen molar-refractivity contribution in [3.63, 3.8) is 0 Å². The summed E-state index contributed by atoms with van der Waals surface area (Å²) >= 11 is 0. The van der Waals surface area contributed by atoms with Gasteiger partial charge < -0.3 is 5.11 Å². The van der Waals surface area contributed by atoms with Crippen molar-refractivity contribution >= 4 is 5.71 Å². The van der Waals surface area contributed by atoms with Crippen molar-refractivity contribution in [1.29, 1.82) is 5.26 Å². The zero-order valence-electron chi connectivity index (χ0n) is 12.8. The molecule has 0 aliphatic rings. The average molecular weight is 270 g/mol. The van der Waals surface area contributed by atoms with Crippen LogP contribution in [0, 0.1) is 17.2 Å². The topological polar surface area (TPSA) is 56.4 Å². The molecule has 0 aromatic heterocycles. The Kier molecular flexibility index (Phi) is 5.24. The molecule has 0 fully saturated rings. The SMILES string of the molecule is C/C=C(C)\N=C(/C)C(O)(c1ccc(C#N)cc1)C(C)C. The first kappa shape index (κ1) is 16.1. The summed E-state index contributed by atoms with van der Waals surface area (Å²) in [4.78, 5) is 4.47. The smallest absolute Gasteiger partial charge is 0.130 e.